The number of hydrogen-bond donors (Lipinski definition) is 2. The Hall–Kier alpha value is -3.14. The normalized spacial score (nSPS) is 20.6. The van der Waals surface area contributed by atoms with Gasteiger partial charge in [-0.2, -0.15) is 0 Å². The smallest absolute Gasteiger partial charge is 0.409 e. The summed E-state index contributed by atoms with van der Waals surface area (Å²) in [6.07, 6.45) is 0.640. The van der Waals surface area contributed by atoms with Gasteiger partial charge in [0.05, 0.1) is 19.3 Å². The summed E-state index contributed by atoms with van der Waals surface area (Å²) in [6.45, 7) is 10.1. The Labute approximate surface area is 219 Å². The first-order chi connectivity index (χ1) is 17.6. The maximum absolute atomic E-state index is 13.1. The molecule has 1 unspecified atom stereocenters. The van der Waals surface area contributed by atoms with Crippen molar-refractivity contribution in [2.45, 2.75) is 71.7 Å². The second-order valence-electron chi connectivity index (χ2n) is 10.5. The van der Waals surface area contributed by atoms with Crippen LogP contribution in [0.5, 0.6) is 0 Å². The number of ketones is 1. The van der Waals surface area contributed by atoms with E-state index in [0.717, 1.165) is 12.0 Å². The number of nitrogens with zero attached hydrogens (tertiary/aromatic N) is 2. The molecule has 3 rings (SSSR count). The third-order valence-corrected chi connectivity index (χ3v) is 6.77. The molecule has 2 saturated heterocycles. The predicted molar refractivity (Wildman–Crippen MR) is 138 cm³/mol. The average molecular weight is 517 g/mol. The quantitative estimate of drug-likeness (QED) is 0.487. The molecule has 4 amide bonds. The van der Waals surface area contributed by atoms with Crippen LogP contribution in [0.15, 0.2) is 30.3 Å². The molecule has 2 N–H and O–H groups in total. The number of rotatable bonds is 9. The molecule has 10 nitrogen and oxygen atoms in total. The van der Waals surface area contributed by atoms with E-state index in [2.05, 4.69) is 10.6 Å². The van der Waals surface area contributed by atoms with Crippen molar-refractivity contribution < 1.29 is 28.7 Å². The van der Waals surface area contributed by atoms with Crippen molar-refractivity contribution in [2.24, 2.45) is 5.41 Å². The van der Waals surface area contributed by atoms with Crippen LogP contribution in [0.4, 0.5) is 9.59 Å². The third kappa shape index (κ3) is 7.92. The summed E-state index contributed by atoms with van der Waals surface area (Å²) < 4.78 is 11.0. The van der Waals surface area contributed by atoms with E-state index in [1.54, 1.807) is 16.7 Å². The van der Waals surface area contributed by atoms with Gasteiger partial charge in [0.25, 0.3) is 5.91 Å². The highest BCUT2D eigenvalue weighted by atomic mass is 16.6. The molecule has 10 heteroatoms. The van der Waals surface area contributed by atoms with Gasteiger partial charge in [-0.15, -0.1) is 0 Å². The van der Waals surface area contributed by atoms with E-state index >= 15 is 0 Å². The zero-order chi connectivity index (χ0) is 27.0. The van der Waals surface area contributed by atoms with Gasteiger partial charge >= 0.3 is 12.1 Å². The zero-order valence-electron chi connectivity index (χ0n) is 22.3. The molecular formula is C27H40N4O6. The van der Waals surface area contributed by atoms with Gasteiger partial charge in [-0.25, -0.2) is 9.59 Å². The second-order valence-corrected chi connectivity index (χ2v) is 10.5. The minimum Gasteiger partial charge on any atom is -0.425 e. The van der Waals surface area contributed by atoms with E-state index in [1.807, 2.05) is 51.1 Å². The number of carbonyl (C=O) groups is 4. The minimum absolute atomic E-state index is 0.195. The number of benzene rings is 1. The van der Waals surface area contributed by atoms with Gasteiger partial charge in [0.15, 0.2) is 6.23 Å². The van der Waals surface area contributed by atoms with Gasteiger partial charge in [-0.1, -0.05) is 63.9 Å². The zero-order valence-corrected chi connectivity index (χ0v) is 22.3. The number of carbonyl (C=O) groups excluding carboxylic acids is 4. The summed E-state index contributed by atoms with van der Waals surface area (Å²) in [7, 11) is 0. The molecule has 37 heavy (non-hydrogen) atoms. The Bertz CT molecular complexity index is 947. The summed E-state index contributed by atoms with van der Waals surface area (Å²) in [5.74, 6) is -1.48. The number of likely N-dealkylation sites (tertiary alicyclic amines) is 1. The summed E-state index contributed by atoms with van der Waals surface area (Å²) in [5, 5.41) is 5.31. The number of amides is 4. The topological polar surface area (TPSA) is 117 Å². The van der Waals surface area contributed by atoms with Gasteiger partial charge in [0, 0.05) is 26.1 Å². The number of Topliss-reactive ketones (excluding diaryl/α,β-unsaturated/α-hetero) is 1. The van der Waals surface area contributed by atoms with Crippen LogP contribution in [0.25, 0.3) is 0 Å². The van der Waals surface area contributed by atoms with Crippen molar-refractivity contribution in [3.63, 3.8) is 0 Å². The van der Waals surface area contributed by atoms with Gasteiger partial charge < -0.3 is 25.0 Å². The van der Waals surface area contributed by atoms with Crippen LogP contribution in [-0.2, 0) is 19.1 Å². The third-order valence-electron chi connectivity index (χ3n) is 6.77. The molecule has 2 fully saturated rings. The number of urea groups is 1. The number of hydrogen-bond acceptors (Lipinski definition) is 6. The van der Waals surface area contributed by atoms with Crippen molar-refractivity contribution in [2.75, 3.05) is 32.8 Å². The Morgan fingerprint density at radius 1 is 1.11 bits per heavy atom. The molecule has 1 aromatic carbocycles. The minimum atomic E-state index is -1.02. The second kappa shape index (κ2) is 12.9. The molecule has 2 heterocycles. The lowest BCUT2D eigenvalue weighted by Crippen LogP contribution is -2.52. The van der Waals surface area contributed by atoms with Crippen molar-refractivity contribution in [1.82, 2.24) is 20.4 Å². The van der Waals surface area contributed by atoms with E-state index in [9.17, 15) is 19.2 Å². The molecule has 2 aliphatic heterocycles. The first-order valence-corrected chi connectivity index (χ1v) is 13.1. The lowest BCUT2D eigenvalue weighted by Gasteiger charge is -2.33. The average Bonchev–Trinajstić information content (AvgIpc) is 3.19. The molecule has 0 aliphatic carbocycles. The van der Waals surface area contributed by atoms with E-state index in [-0.39, 0.29) is 17.5 Å². The molecule has 0 aromatic heterocycles. The standard InChI is InChI=1S/C27H40N4O6/c1-5-6-12-21(23(32)24(33)28-19(2)20-10-8-7-9-11-20)29-25(34)37-22-17-27(3,4)18-31(22)26(35)30-13-15-36-16-14-30/h7-11,19,21-22H,5-6,12-18H2,1-4H3,(H,28,33)(H,29,34)/t19-,21+,22?/m1/s1. The molecule has 0 bridgehead atoms. The van der Waals surface area contributed by atoms with Crippen LogP contribution in [0.2, 0.25) is 0 Å². The maximum atomic E-state index is 13.1. The number of nitrogens with one attached hydrogen (secondary N) is 2. The lowest BCUT2D eigenvalue weighted by molar-refractivity contribution is -0.139. The number of unbranched alkanes of at least 4 members (excludes halogenated alkanes) is 1. The van der Waals surface area contributed by atoms with Crippen LogP contribution in [0.1, 0.15) is 65.0 Å². The highest BCUT2D eigenvalue weighted by Gasteiger charge is 2.44. The number of morpholine rings is 1. The summed E-state index contributed by atoms with van der Waals surface area (Å²) in [4.78, 5) is 55.1. The fourth-order valence-electron chi connectivity index (χ4n) is 4.67. The molecule has 0 radical (unpaired) electrons. The highest BCUT2D eigenvalue weighted by Crippen LogP contribution is 2.35. The number of alkyl carbamates (subject to hydrolysis) is 1. The predicted octanol–water partition coefficient (Wildman–Crippen LogP) is 3.23. The van der Waals surface area contributed by atoms with Crippen molar-refractivity contribution in [3.8, 4) is 0 Å². The van der Waals surface area contributed by atoms with E-state index in [0.29, 0.717) is 52.1 Å². The van der Waals surface area contributed by atoms with Crippen LogP contribution in [0, 0.1) is 5.41 Å². The molecule has 0 saturated carbocycles. The van der Waals surface area contributed by atoms with Gasteiger partial charge in [0.1, 0.15) is 6.04 Å². The van der Waals surface area contributed by atoms with E-state index in [1.165, 1.54) is 0 Å². The first kappa shape index (κ1) is 28.4. The molecule has 2 aliphatic rings. The fourth-order valence-corrected chi connectivity index (χ4v) is 4.67. The maximum Gasteiger partial charge on any atom is 0.409 e. The lowest BCUT2D eigenvalue weighted by atomic mass is 9.93. The largest absolute Gasteiger partial charge is 0.425 e. The SMILES string of the molecule is CCCC[C@H](NC(=O)OC1CC(C)(C)CN1C(=O)N1CCOCC1)C(=O)C(=O)N[C@H](C)c1ccccc1. The van der Waals surface area contributed by atoms with Gasteiger partial charge in [0.2, 0.25) is 5.78 Å². The first-order valence-electron chi connectivity index (χ1n) is 13.1. The van der Waals surface area contributed by atoms with Crippen molar-refractivity contribution in [3.05, 3.63) is 35.9 Å². The monoisotopic (exact) mass is 516 g/mol. The summed E-state index contributed by atoms with van der Waals surface area (Å²) in [5.41, 5.74) is 0.632. The van der Waals surface area contributed by atoms with Crippen LogP contribution in [-0.4, -0.2) is 78.7 Å². The molecule has 204 valence electrons. The van der Waals surface area contributed by atoms with Crippen LogP contribution in [0.3, 0.4) is 0 Å². The van der Waals surface area contributed by atoms with E-state index < -0.39 is 30.1 Å². The fraction of sp³-hybridized carbons (Fsp3) is 0.630. The number of ether oxygens (including phenoxy) is 2. The van der Waals surface area contributed by atoms with Gasteiger partial charge in [-0.05, 0) is 24.3 Å². The van der Waals surface area contributed by atoms with Crippen molar-refractivity contribution in [1.29, 1.82) is 0 Å². The molecule has 1 aromatic rings. The molecular weight excluding hydrogens is 476 g/mol. The Kier molecular flexibility index (Phi) is 9.91. The Morgan fingerprint density at radius 2 is 1.78 bits per heavy atom. The molecule has 0 spiro atoms. The highest BCUT2D eigenvalue weighted by molar-refractivity contribution is 6.38. The summed E-state index contributed by atoms with van der Waals surface area (Å²) >= 11 is 0. The Balaban J connectivity index is 1.63. The van der Waals surface area contributed by atoms with Gasteiger partial charge in [-0.3, -0.25) is 14.5 Å². The Morgan fingerprint density at radius 3 is 2.43 bits per heavy atom. The summed E-state index contributed by atoms with van der Waals surface area (Å²) in [6, 6.07) is 7.75. The molecule has 3 atom stereocenters. The van der Waals surface area contributed by atoms with Crippen molar-refractivity contribution >= 4 is 23.8 Å². The van der Waals surface area contributed by atoms with Crippen LogP contribution >= 0.6 is 0 Å². The van der Waals surface area contributed by atoms with Crippen LogP contribution < -0.4 is 10.6 Å². The van der Waals surface area contributed by atoms with E-state index in [4.69, 9.17) is 9.47 Å².